The van der Waals surface area contributed by atoms with E-state index < -0.39 is 29.9 Å². The number of amides is 1. The number of esters is 1. The summed E-state index contributed by atoms with van der Waals surface area (Å²) in [4.78, 5) is 36.2. The maximum Gasteiger partial charge on any atom is 0.408 e. The molecule has 132 valence electrons. The molecule has 6 nitrogen and oxygen atoms in total. The minimum absolute atomic E-state index is 0.0141. The van der Waals surface area contributed by atoms with Gasteiger partial charge in [-0.05, 0) is 32.3 Å². The molecule has 1 aliphatic heterocycles. The fraction of sp³-hybridized carbons (Fsp3) is 0.533. The summed E-state index contributed by atoms with van der Waals surface area (Å²) >= 11 is 0. The molecule has 0 aliphatic carbocycles. The summed E-state index contributed by atoms with van der Waals surface area (Å²) in [6.07, 6.45) is -3.52. The highest BCUT2D eigenvalue weighted by atomic mass is 19.4. The molecule has 0 saturated heterocycles. The van der Waals surface area contributed by atoms with Crippen LogP contribution in [-0.2, 0) is 22.5 Å². The van der Waals surface area contributed by atoms with Gasteiger partial charge in [-0.25, -0.2) is 4.79 Å². The van der Waals surface area contributed by atoms with Crippen molar-refractivity contribution in [1.29, 1.82) is 0 Å². The maximum atomic E-state index is 12.5. The predicted octanol–water partition coefficient (Wildman–Crippen LogP) is 1.78. The third kappa shape index (κ3) is 3.02. The van der Waals surface area contributed by atoms with Gasteiger partial charge in [-0.2, -0.15) is 13.2 Å². The Bertz CT molecular complexity index is 707. The molecule has 0 radical (unpaired) electrons. The number of hydrogen-bond donors (Lipinski definition) is 1. The Morgan fingerprint density at radius 2 is 1.92 bits per heavy atom. The lowest BCUT2D eigenvalue weighted by Crippen LogP contribution is -2.46. The van der Waals surface area contributed by atoms with Crippen LogP contribution in [0.3, 0.4) is 0 Å². The van der Waals surface area contributed by atoms with E-state index in [2.05, 4.69) is 4.74 Å². The smallest absolute Gasteiger partial charge is 0.408 e. The molecule has 1 N–H and O–H groups in total. The van der Waals surface area contributed by atoms with E-state index in [1.807, 2.05) is 0 Å². The van der Waals surface area contributed by atoms with E-state index in [-0.39, 0.29) is 16.8 Å². The van der Waals surface area contributed by atoms with Crippen molar-refractivity contribution < 1.29 is 32.3 Å². The number of halogens is 3. The standard InChI is InChI=1S/C15H17F3N2O4/c1-7-10(12(21)13(22)19-8(2)15(16,17)18)9-5-4-6-20(9)11(7)14(23)24-3/h8H,4-6H2,1-3H3,(H,19,22). The number of Topliss-reactive ketones (excluding diaryl/α,β-unsaturated/α-hetero) is 1. The van der Waals surface area contributed by atoms with Crippen molar-refractivity contribution in [3.8, 4) is 0 Å². The molecule has 2 heterocycles. The number of nitrogens with zero attached hydrogens (tertiary/aromatic N) is 1. The molecule has 1 amide bonds. The summed E-state index contributed by atoms with van der Waals surface area (Å²) in [6.45, 7) is 2.71. The van der Waals surface area contributed by atoms with Gasteiger partial charge in [0.25, 0.3) is 11.7 Å². The zero-order valence-corrected chi connectivity index (χ0v) is 13.4. The molecule has 9 heteroatoms. The lowest BCUT2D eigenvalue weighted by molar-refractivity contribution is -0.156. The Balaban J connectivity index is 2.37. The van der Waals surface area contributed by atoms with Gasteiger partial charge in [0.2, 0.25) is 0 Å². The minimum atomic E-state index is -4.65. The molecule has 0 fully saturated rings. The normalized spacial score (nSPS) is 14.9. The second-order valence-electron chi connectivity index (χ2n) is 5.61. The SMILES string of the molecule is COC(=O)c1c(C)c(C(=O)C(=O)NC(C)C(F)(F)F)c2n1CCC2. The number of carbonyl (C=O) groups excluding carboxylic acids is 3. The number of alkyl halides is 3. The third-order valence-electron chi connectivity index (χ3n) is 4.06. The molecular formula is C15H17F3N2O4. The average Bonchev–Trinajstić information content (AvgIpc) is 3.04. The molecule has 1 aromatic heterocycles. The Kier molecular flexibility index (Phi) is 4.73. The first-order valence-electron chi connectivity index (χ1n) is 7.31. The lowest BCUT2D eigenvalue weighted by atomic mass is 10.0. The van der Waals surface area contributed by atoms with Crippen molar-refractivity contribution >= 4 is 17.7 Å². The summed E-state index contributed by atoms with van der Waals surface area (Å²) < 4.78 is 43.9. The summed E-state index contributed by atoms with van der Waals surface area (Å²) in [7, 11) is 1.19. The van der Waals surface area contributed by atoms with Crippen LogP contribution in [0.2, 0.25) is 0 Å². The molecule has 0 bridgehead atoms. The first-order valence-corrected chi connectivity index (χ1v) is 7.31. The van der Waals surface area contributed by atoms with Crippen LogP contribution >= 0.6 is 0 Å². The van der Waals surface area contributed by atoms with E-state index >= 15 is 0 Å². The molecule has 1 atom stereocenters. The molecule has 1 aromatic rings. The summed E-state index contributed by atoms with van der Waals surface area (Å²) in [6, 6.07) is -2.15. The van der Waals surface area contributed by atoms with Crippen LogP contribution in [0.25, 0.3) is 0 Å². The highest BCUT2D eigenvalue weighted by molar-refractivity contribution is 6.43. The van der Waals surface area contributed by atoms with E-state index in [4.69, 9.17) is 0 Å². The molecule has 1 aliphatic rings. The van der Waals surface area contributed by atoms with Gasteiger partial charge >= 0.3 is 12.1 Å². The van der Waals surface area contributed by atoms with Crippen LogP contribution < -0.4 is 5.32 Å². The minimum Gasteiger partial charge on any atom is -0.464 e. The number of methoxy groups -OCH3 is 1. The number of hydrogen-bond acceptors (Lipinski definition) is 4. The summed E-state index contributed by atoms with van der Waals surface area (Å²) in [5.41, 5.74) is 0.869. The summed E-state index contributed by atoms with van der Waals surface area (Å²) in [5, 5.41) is 1.65. The van der Waals surface area contributed by atoms with Gasteiger partial charge in [0, 0.05) is 12.2 Å². The van der Waals surface area contributed by atoms with Crippen LogP contribution in [0.4, 0.5) is 13.2 Å². The zero-order chi connectivity index (χ0) is 18.2. The first-order chi connectivity index (χ1) is 11.1. The van der Waals surface area contributed by atoms with Gasteiger partial charge in [-0.15, -0.1) is 0 Å². The molecule has 0 saturated carbocycles. The Labute approximate surface area is 136 Å². The number of rotatable bonds is 4. The molecular weight excluding hydrogens is 329 g/mol. The average molecular weight is 346 g/mol. The van der Waals surface area contributed by atoms with Gasteiger partial charge in [-0.3, -0.25) is 9.59 Å². The monoisotopic (exact) mass is 346 g/mol. The molecule has 2 rings (SSSR count). The number of fused-ring (bicyclic) bond motifs is 1. The van der Waals surface area contributed by atoms with Crippen molar-refractivity contribution in [3.63, 3.8) is 0 Å². The van der Waals surface area contributed by atoms with Crippen molar-refractivity contribution in [1.82, 2.24) is 9.88 Å². The van der Waals surface area contributed by atoms with E-state index in [1.54, 1.807) is 9.88 Å². The molecule has 1 unspecified atom stereocenters. The topological polar surface area (TPSA) is 77.4 Å². The fourth-order valence-corrected chi connectivity index (χ4v) is 2.84. The number of ketones is 1. The van der Waals surface area contributed by atoms with Gasteiger partial charge < -0.3 is 14.6 Å². The Morgan fingerprint density at radius 1 is 1.29 bits per heavy atom. The van der Waals surface area contributed by atoms with Gasteiger partial charge in [0.15, 0.2) is 0 Å². The molecule has 0 spiro atoms. The van der Waals surface area contributed by atoms with Crippen LogP contribution in [0.15, 0.2) is 0 Å². The van der Waals surface area contributed by atoms with Crippen LogP contribution in [0, 0.1) is 6.92 Å². The predicted molar refractivity (Wildman–Crippen MR) is 76.8 cm³/mol. The van der Waals surface area contributed by atoms with Gasteiger partial charge in [0.1, 0.15) is 11.7 Å². The van der Waals surface area contributed by atoms with Gasteiger partial charge in [-0.1, -0.05) is 0 Å². The number of nitrogens with one attached hydrogen (secondary N) is 1. The second kappa shape index (κ2) is 6.29. The molecule has 24 heavy (non-hydrogen) atoms. The number of carbonyl (C=O) groups is 3. The lowest BCUT2D eigenvalue weighted by Gasteiger charge is -2.16. The largest absolute Gasteiger partial charge is 0.464 e. The highest BCUT2D eigenvalue weighted by Gasteiger charge is 2.39. The zero-order valence-electron chi connectivity index (χ0n) is 13.4. The quantitative estimate of drug-likeness (QED) is 0.512. The van der Waals surface area contributed by atoms with Crippen LogP contribution in [0.5, 0.6) is 0 Å². The number of ether oxygens (including phenoxy) is 1. The van der Waals surface area contributed by atoms with Crippen molar-refractivity contribution in [2.24, 2.45) is 0 Å². The number of aromatic nitrogens is 1. The van der Waals surface area contributed by atoms with E-state index in [9.17, 15) is 27.6 Å². The van der Waals surface area contributed by atoms with Crippen molar-refractivity contribution in [3.05, 3.63) is 22.5 Å². The Morgan fingerprint density at radius 3 is 2.46 bits per heavy atom. The van der Waals surface area contributed by atoms with Crippen LogP contribution in [-0.4, -0.2) is 41.6 Å². The van der Waals surface area contributed by atoms with Crippen molar-refractivity contribution in [2.75, 3.05) is 7.11 Å². The van der Waals surface area contributed by atoms with Gasteiger partial charge in [0.05, 0.1) is 12.7 Å². The van der Waals surface area contributed by atoms with Crippen molar-refractivity contribution in [2.45, 2.75) is 45.5 Å². The fourth-order valence-electron chi connectivity index (χ4n) is 2.84. The third-order valence-corrected chi connectivity index (χ3v) is 4.06. The Hall–Kier alpha value is -2.32. The van der Waals surface area contributed by atoms with E-state index in [0.29, 0.717) is 25.1 Å². The second-order valence-corrected chi connectivity index (χ2v) is 5.61. The summed E-state index contributed by atoms with van der Waals surface area (Å²) in [5.74, 6) is -3.08. The molecule has 0 aromatic carbocycles. The van der Waals surface area contributed by atoms with E-state index in [1.165, 1.54) is 14.0 Å². The van der Waals surface area contributed by atoms with Crippen LogP contribution in [0.1, 0.15) is 45.4 Å². The first kappa shape index (κ1) is 18.0. The van der Waals surface area contributed by atoms with E-state index in [0.717, 1.165) is 6.92 Å². The highest BCUT2D eigenvalue weighted by Crippen LogP contribution is 2.30. The maximum absolute atomic E-state index is 12.5.